The average Bonchev–Trinajstić information content (AvgIpc) is 2.60. The highest BCUT2D eigenvalue weighted by Crippen LogP contribution is 2.03. The monoisotopic (exact) mass is 370 g/mol. The van der Waals surface area contributed by atoms with Gasteiger partial charge in [-0.2, -0.15) is 0 Å². The summed E-state index contributed by atoms with van der Waals surface area (Å²) in [5, 5.41) is 11.9. The van der Waals surface area contributed by atoms with E-state index in [-0.39, 0.29) is 37.9 Å². The third-order valence-corrected chi connectivity index (χ3v) is 3.52. The Morgan fingerprint density at radius 3 is 2.23 bits per heavy atom. The van der Waals surface area contributed by atoms with Gasteiger partial charge in [0, 0.05) is 6.42 Å². The SMILES string of the molecule is CCN(CC)CC(=O)NCC(=O)NC(CCC(=O)C=N)C(=O)OC(C)C. The molecule has 26 heavy (non-hydrogen) atoms. The third kappa shape index (κ3) is 10.5. The van der Waals surface area contributed by atoms with Crippen LogP contribution in [-0.2, 0) is 23.9 Å². The lowest BCUT2D eigenvalue weighted by Gasteiger charge is -2.20. The van der Waals surface area contributed by atoms with E-state index in [4.69, 9.17) is 10.1 Å². The van der Waals surface area contributed by atoms with Crippen LogP contribution in [0.3, 0.4) is 0 Å². The smallest absolute Gasteiger partial charge is 0.328 e. The van der Waals surface area contributed by atoms with Crippen LogP contribution in [0.2, 0.25) is 0 Å². The Kier molecular flexibility index (Phi) is 11.8. The van der Waals surface area contributed by atoms with Gasteiger partial charge in [0.2, 0.25) is 11.8 Å². The predicted octanol–water partition coefficient (Wildman–Crippen LogP) is -0.120. The lowest BCUT2D eigenvalue weighted by atomic mass is 10.1. The van der Waals surface area contributed by atoms with Gasteiger partial charge in [0.1, 0.15) is 6.04 Å². The van der Waals surface area contributed by atoms with Gasteiger partial charge >= 0.3 is 5.97 Å². The molecular formula is C17H30N4O5. The molecule has 1 atom stereocenters. The van der Waals surface area contributed by atoms with Crippen molar-refractivity contribution in [2.75, 3.05) is 26.2 Å². The van der Waals surface area contributed by atoms with E-state index in [2.05, 4.69) is 10.6 Å². The van der Waals surface area contributed by atoms with Crippen LogP contribution in [0.25, 0.3) is 0 Å². The number of ether oxygens (including phenoxy) is 1. The van der Waals surface area contributed by atoms with Crippen LogP contribution in [0.5, 0.6) is 0 Å². The number of nitrogens with one attached hydrogen (secondary N) is 3. The molecule has 0 radical (unpaired) electrons. The molecule has 0 saturated heterocycles. The maximum absolute atomic E-state index is 12.1. The molecule has 0 bridgehead atoms. The maximum Gasteiger partial charge on any atom is 0.328 e. The molecule has 0 aliphatic carbocycles. The first kappa shape index (κ1) is 23.7. The Balaban J connectivity index is 4.59. The van der Waals surface area contributed by atoms with Crippen molar-refractivity contribution >= 4 is 29.8 Å². The molecular weight excluding hydrogens is 340 g/mol. The first-order valence-corrected chi connectivity index (χ1v) is 8.75. The van der Waals surface area contributed by atoms with Gasteiger partial charge in [-0.25, -0.2) is 4.79 Å². The Bertz CT molecular complexity index is 503. The molecule has 148 valence electrons. The van der Waals surface area contributed by atoms with Gasteiger partial charge in [0.25, 0.3) is 0 Å². The molecule has 0 aromatic rings. The Hall–Kier alpha value is -2.29. The summed E-state index contributed by atoms with van der Waals surface area (Å²) in [5.74, 6) is -1.94. The van der Waals surface area contributed by atoms with E-state index in [1.807, 2.05) is 18.7 Å². The Labute approximate surface area is 154 Å². The number of Topliss-reactive ketones (excluding diaryl/α,β-unsaturated/α-hetero) is 1. The van der Waals surface area contributed by atoms with Crippen LogP contribution >= 0.6 is 0 Å². The number of esters is 1. The summed E-state index contributed by atoms with van der Waals surface area (Å²) in [6.07, 6.45) is 0.267. The minimum absolute atomic E-state index is 0.0267. The number of hydrogen-bond donors (Lipinski definition) is 3. The fourth-order valence-electron chi connectivity index (χ4n) is 2.05. The van der Waals surface area contributed by atoms with Crippen molar-refractivity contribution in [3.63, 3.8) is 0 Å². The zero-order chi connectivity index (χ0) is 20.1. The van der Waals surface area contributed by atoms with E-state index >= 15 is 0 Å². The van der Waals surface area contributed by atoms with Gasteiger partial charge in [-0.3, -0.25) is 19.3 Å². The zero-order valence-corrected chi connectivity index (χ0v) is 16.0. The molecule has 3 N–H and O–H groups in total. The van der Waals surface area contributed by atoms with Crippen LogP contribution in [0, 0.1) is 5.41 Å². The van der Waals surface area contributed by atoms with Gasteiger partial charge in [0.15, 0.2) is 5.78 Å². The first-order chi connectivity index (χ1) is 12.2. The number of ketones is 1. The van der Waals surface area contributed by atoms with Crippen molar-refractivity contribution < 1.29 is 23.9 Å². The quantitative estimate of drug-likeness (QED) is 0.306. The number of carbonyl (C=O) groups is 4. The van der Waals surface area contributed by atoms with E-state index in [0.29, 0.717) is 6.21 Å². The molecule has 1 unspecified atom stereocenters. The van der Waals surface area contributed by atoms with Crippen LogP contribution < -0.4 is 10.6 Å². The van der Waals surface area contributed by atoms with Crippen molar-refractivity contribution in [1.29, 1.82) is 5.41 Å². The van der Waals surface area contributed by atoms with Crippen molar-refractivity contribution in [2.24, 2.45) is 0 Å². The minimum atomic E-state index is -1.01. The van der Waals surface area contributed by atoms with Crippen LogP contribution in [0.1, 0.15) is 40.5 Å². The van der Waals surface area contributed by atoms with Crippen molar-refractivity contribution in [1.82, 2.24) is 15.5 Å². The summed E-state index contributed by atoms with van der Waals surface area (Å²) in [6, 6.07) is -1.01. The standard InChI is InChI=1S/C17H30N4O5/c1-5-21(6-2)11-16(24)19-10-15(23)20-14(8-7-13(22)9-18)17(25)26-12(3)4/h9,12,14,18H,5-8,10-11H2,1-4H3,(H,19,24)(H,20,23). The van der Waals surface area contributed by atoms with Gasteiger partial charge < -0.3 is 20.8 Å². The van der Waals surface area contributed by atoms with Crippen LogP contribution in [0.15, 0.2) is 0 Å². The summed E-state index contributed by atoms with van der Waals surface area (Å²) < 4.78 is 5.07. The molecule has 9 heteroatoms. The average molecular weight is 370 g/mol. The summed E-state index contributed by atoms with van der Waals surface area (Å²) >= 11 is 0. The first-order valence-electron chi connectivity index (χ1n) is 8.75. The summed E-state index contributed by atoms with van der Waals surface area (Å²) in [5.41, 5.74) is 0. The molecule has 0 aromatic heterocycles. The molecule has 0 rings (SSSR count). The summed E-state index contributed by atoms with van der Waals surface area (Å²) in [4.78, 5) is 49.0. The second-order valence-corrected chi connectivity index (χ2v) is 5.99. The number of likely N-dealkylation sites (N-methyl/N-ethyl adjacent to an activating group) is 1. The number of hydrogen-bond acceptors (Lipinski definition) is 7. The highest BCUT2D eigenvalue weighted by molar-refractivity contribution is 6.26. The van der Waals surface area contributed by atoms with Crippen molar-refractivity contribution in [2.45, 2.75) is 52.7 Å². The fourth-order valence-corrected chi connectivity index (χ4v) is 2.05. The number of rotatable bonds is 13. The van der Waals surface area contributed by atoms with Crippen molar-refractivity contribution in [3.05, 3.63) is 0 Å². The topological polar surface area (TPSA) is 129 Å². The summed E-state index contributed by atoms with van der Waals surface area (Å²) in [6.45, 7) is 8.57. The van der Waals surface area contributed by atoms with Gasteiger partial charge in [0.05, 0.1) is 25.4 Å². The molecule has 0 spiro atoms. The lowest BCUT2D eigenvalue weighted by molar-refractivity contribution is -0.151. The van der Waals surface area contributed by atoms with Gasteiger partial charge in [-0.05, 0) is 33.4 Å². The molecule has 2 amide bonds. The maximum atomic E-state index is 12.1. The predicted molar refractivity (Wildman–Crippen MR) is 97.0 cm³/mol. The molecule has 0 aliphatic rings. The van der Waals surface area contributed by atoms with Crippen LogP contribution in [-0.4, -0.2) is 73.0 Å². The summed E-state index contributed by atoms with van der Waals surface area (Å²) in [7, 11) is 0. The van der Waals surface area contributed by atoms with E-state index in [0.717, 1.165) is 13.1 Å². The lowest BCUT2D eigenvalue weighted by Crippen LogP contribution is -2.48. The van der Waals surface area contributed by atoms with E-state index in [1.165, 1.54) is 0 Å². The minimum Gasteiger partial charge on any atom is -0.461 e. The largest absolute Gasteiger partial charge is 0.461 e. The Morgan fingerprint density at radius 2 is 1.73 bits per heavy atom. The normalized spacial score (nSPS) is 11.8. The molecule has 0 aromatic carbocycles. The molecule has 0 saturated carbocycles. The highest BCUT2D eigenvalue weighted by atomic mass is 16.5. The Morgan fingerprint density at radius 1 is 1.12 bits per heavy atom. The fraction of sp³-hybridized carbons (Fsp3) is 0.706. The van der Waals surface area contributed by atoms with E-state index in [1.54, 1.807) is 13.8 Å². The second kappa shape index (κ2) is 13.0. The third-order valence-electron chi connectivity index (χ3n) is 3.52. The number of nitrogens with zero attached hydrogens (tertiary/aromatic N) is 1. The molecule has 9 nitrogen and oxygen atoms in total. The van der Waals surface area contributed by atoms with Crippen molar-refractivity contribution in [3.8, 4) is 0 Å². The van der Waals surface area contributed by atoms with Gasteiger partial charge in [-0.15, -0.1) is 0 Å². The van der Waals surface area contributed by atoms with Gasteiger partial charge in [-0.1, -0.05) is 13.8 Å². The highest BCUT2D eigenvalue weighted by Gasteiger charge is 2.24. The number of amides is 2. The second-order valence-electron chi connectivity index (χ2n) is 5.99. The zero-order valence-electron chi connectivity index (χ0n) is 16.0. The molecule has 0 fully saturated rings. The van der Waals surface area contributed by atoms with E-state index in [9.17, 15) is 19.2 Å². The molecule has 0 heterocycles. The molecule has 0 aliphatic heterocycles. The number of carbonyl (C=O) groups excluding carboxylic acids is 4. The van der Waals surface area contributed by atoms with E-state index < -0.39 is 23.7 Å². The van der Waals surface area contributed by atoms with Crippen LogP contribution in [0.4, 0.5) is 0 Å².